The molecule has 5 N–H and O–H groups in total. The third-order valence-corrected chi connectivity index (χ3v) is 5.45. The van der Waals surface area contributed by atoms with Crippen LogP contribution in [-0.4, -0.2) is 65.8 Å². The quantitative estimate of drug-likeness (QED) is 0.646. The fourth-order valence-electron chi connectivity index (χ4n) is 4.06. The summed E-state index contributed by atoms with van der Waals surface area (Å²) in [6.45, 7) is 3.91. The van der Waals surface area contributed by atoms with Gasteiger partial charge in [-0.25, -0.2) is 0 Å². The van der Waals surface area contributed by atoms with Crippen LogP contribution in [0.1, 0.15) is 24.8 Å². The predicted molar refractivity (Wildman–Crippen MR) is 95.5 cm³/mol. The second-order valence-corrected chi connectivity index (χ2v) is 7.48. The summed E-state index contributed by atoms with van der Waals surface area (Å²) in [6, 6.07) is 0. The number of nitrogens with two attached hydrogens (primary N) is 2. The molecule has 0 aliphatic carbocycles. The van der Waals surface area contributed by atoms with Gasteiger partial charge >= 0.3 is 0 Å². The Bertz CT molecular complexity index is 693. The van der Waals surface area contributed by atoms with Gasteiger partial charge in [0.25, 0.3) is 0 Å². The zero-order valence-corrected chi connectivity index (χ0v) is 14.9. The number of nitrogens with one attached hydrogen (secondary N) is 1. The van der Waals surface area contributed by atoms with Gasteiger partial charge < -0.3 is 31.2 Å². The maximum atomic E-state index is 12.9. The number of fused-ring (bicyclic) bond motifs is 1. The SMILES string of the molecule is Nc1nc(N)c2c(n1)O[C@@]1(COCCN(C(=O)CC3CCNCC3)C1)C2. The van der Waals surface area contributed by atoms with E-state index in [9.17, 15) is 4.79 Å². The fraction of sp³-hybridized carbons (Fsp3) is 0.706. The molecule has 4 rings (SSSR count). The van der Waals surface area contributed by atoms with Crippen molar-refractivity contribution < 1.29 is 14.3 Å². The van der Waals surface area contributed by atoms with Crippen molar-refractivity contribution in [1.29, 1.82) is 0 Å². The first-order valence-electron chi connectivity index (χ1n) is 9.22. The smallest absolute Gasteiger partial charge is 0.225 e. The number of ether oxygens (including phenoxy) is 2. The van der Waals surface area contributed by atoms with E-state index >= 15 is 0 Å². The minimum absolute atomic E-state index is 0.0895. The average molecular weight is 362 g/mol. The highest BCUT2D eigenvalue weighted by Gasteiger charge is 2.45. The molecule has 1 aromatic heterocycles. The topological polar surface area (TPSA) is 129 Å². The Hall–Kier alpha value is -2.13. The summed E-state index contributed by atoms with van der Waals surface area (Å²) in [6.07, 6.45) is 3.20. The lowest BCUT2D eigenvalue weighted by Gasteiger charge is -2.32. The normalized spacial score (nSPS) is 26.4. The van der Waals surface area contributed by atoms with Crippen LogP contribution in [0.3, 0.4) is 0 Å². The Balaban J connectivity index is 1.48. The van der Waals surface area contributed by atoms with Crippen molar-refractivity contribution in [3.8, 4) is 5.88 Å². The van der Waals surface area contributed by atoms with E-state index in [0.717, 1.165) is 31.5 Å². The lowest BCUT2D eigenvalue weighted by molar-refractivity contribution is -0.134. The minimum Gasteiger partial charge on any atom is -0.466 e. The van der Waals surface area contributed by atoms with Gasteiger partial charge in [-0.2, -0.15) is 9.97 Å². The number of nitrogens with zero attached hydrogens (tertiary/aromatic N) is 3. The standard InChI is InChI=1S/C17H26N6O3/c18-14-12-8-17(26-15(12)22-16(19)21-14)9-23(5-6-25-10-17)13(24)7-11-1-3-20-4-2-11/h11,20H,1-10H2,(H4,18,19,21,22)/t17-/m0/s1. The molecular formula is C17H26N6O3. The maximum absolute atomic E-state index is 12.9. The monoisotopic (exact) mass is 362 g/mol. The van der Waals surface area contributed by atoms with Crippen molar-refractivity contribution in [2.45, 2.75) is 31.3 Å². The second-order valence-electron chi connectivity index (χ2n) is 7.48. The van der Waals surface area contributed by atoms with Gasteiger partial charge in [-0.3, -0.25) is 4.79 Å². The highest BCUT2D eigenvalue weighted by atomic mass is 16.6. The third kappa shape index (κ3) is 3.41. The number of carbonyl (C=O) groups is 1. The van der Waals surface area contributed by atoms with E-state index in [0.29, 0.717) is 56.8 Å². The van der Waals surface area contributed by atoms with Gasteiger partial charge in [-0.1, -0.05) is 0 Å². The zero-order valence-electron chi connectivity index (χ0n) is 14.9. The van der Waals surface area contributed by atoms with E-state index in [1.54, 1.807) is 0 Å². The predicted octanol–water partition coefficient (Wildman–Crippen LogP) is -0.437. The van der Waals surface area contributed by atoms with E-state index in [-0.39, 0.29) is 11.9 Å². The van der Waals surface area contributed by atoms with Crippen molar-refractivity contribution in [1.82, 2.24) is 20.2 Å². The molecule has 9 heteroatoms. The van der Waals surface area contributed by atoms with Gasteiger partial charge in [0.1, 0.15) is 5.82 Å². The van der Waals surface area contributed by atoms with Crippen LogP contribution in [0.15, 0.2) is 0 Å². The van der Waals surface area contributed by atoms with Crippen LogP contribution in [0, 0.1) is 5.92 Å². The van der Waals surface area contributed by atoms with E-state index in [1.165, 1.54) is 0 Å². The molecule has 9 nitrogen and oxygen atoms in total. The molecule has 1 spiro atoms. The summed E-state index contributed by atoms with van der Waals surface area (Å²) < 4.78 is 11.9. The number of hydrogen-bond donors (Lipinski definition) is 3. The first-order chi connectivity index (χ1) is 12.5. The van der Waals surface area contributed by atoms with Gasteiger partial charge in [0.05, 0.1) is 25.3 Å². The van der Waals surface area contributed by atoms with Crippen LogP contribution in [0.5, 0.6) is 5.88 Å². The van der Waals surface area contributed by atoms with Crippen molar-refractivity contribution in [2.75, 3.05) is 50.9 Å². The van der Waals surface area contributed by atoms with Gasteiger partial charge in [0.15, 0.2) is 5.60 Å². The van der Waals surface area contributed by atoms with Crippen molar-refractivity contribution in [2.24, 2.45) is 5.92 Å². The summed E-state index contributed by atoms with van der Waals surface area (Å²) in [5.41, 5.74) is 11.7. The molecule has 0 radical (unpaired) electrons. The van der Waals surface area contributed by atoms with Crippen molar-refractivity contribution in [3.05, 3.63) is 5.56 Å². The molecule has 2 fully saturated rings. The molecule has 3 aliphatic rings. The van der Waals surface area contributed by atoms with E-state index in [2.05, 4.69) is 15.3 Å². The molecule has 1 aromatic rings. The first kappa shape index (κ1) is 17.3. The zero-order chi connectivity index (χ0) is 18.1. The van der Waals surface area contributed by atoms with Gasteiger partial charge in [0.2, 0.25) is 17.7 Å². The molecule has 0 bridgehead atoms. The van der Waals surface area contributed by atoms with Crippen LogP contribution >= 0.6 is 0 Å². The molecule has 2 saturated heterocycles. The highest BCUT2D eigenvalue weighted by Crippen LogP contribution is 2.38. The number of piperidine rings is 1. The van der Waals surface area contributed by atoms with Gasteiger partial charge in [0, 0.05) is 19.4 Å². The van der Waals surface area contributed by atoms with E-state index < -0.39 is 5.60 Å². The largest absolute Gasteiger partial charge is 0.466 e. The van der Waals surface area contributed by atoms with Crippen molar-refractivity contribution in [3.63, 3.8) is 0 Å². The molecule has 3 aliphatic heterocycles. The summed E-state index contributed by atoms with van der Waals surface area (Å²) >= 11 is 0. The number of amides is 1. The third-order valence-electron chi connectivity index (χ3n) is 5.45. The molecule has 0 unspecified atom stereocenters. The molecule has 1 atom stereocenters. The maximum Gasteiger partial charge on any atom is 0.225 e. The fourth-order valence-corrected chi connectivity index (χ4v) is 4.06. The molecular weight excluding hydrogens is 336 g/mol. The van der Waals surface area contributed by atoms with Crippen LogP contribution in [0.2, 0.25) is 0 Å². The van der Waals surface area contributed by atoms with Gasteiger partial charge in [-0.15, -0.1) is 0 Å². The Morgan fingerprint density at radius 3 is 2.92 bits per heavy atom. The Labute approximate surface area is 152 Å². The highest BCUT2D eigenvalue weighted by molar-refractivity contribution is 5.76. The minimum atomic E-state index is -0.667. The molecule has 0 saturated carbocycles. The van der Waals surface area contributed by atoms with E-state index in [4.69, 9.17) is 20.9 Å². The Morgan fingerprint density at radius 2 is 2.12 bits per heavy atom. The summed E-state index contributed by atoms with van der Waals surface area (Å²) in [4.78, 5) is 22.9. The van der Waals surface area contributed by atoms with E-state index in [1.807, 2.05) is 4.90 Å². The van der Waals surface area contributed by atoms with Crippen LogP contribution < -0.4 is 21.5 Å². The molecule has 4 heterocycles. The second kappa shape index (κ2) is 6.88. The number of hydrogen-bond acceptors (Lipinski definition) is 8. The lowest BCUT2D eigenvalue weighted by atomic mass is 9.93. The first-order valence-corrected chi connectivity index (χ1v) is 9.22. The molecule has 142 valence electrons. The van der Waals surface area contributed by atoms with Crippen LogP contribution in [0.25, 0.3) is 0 Å². The number of carbonyl (C=O) groups excluding carboxylic acids is 1. The number of anilines is 2. The number of aromatic nitrogens is 2. The van der Waals surface area contributed by atoms with Crippen LogP contribution in [0.4, 0.5) is 11.8 Å². The molecule has 1 amide bonds. The Kier molecular flexibility index (Phi) is 4.58. The summed E-state index contributed by atoms with van der Waals surface area (Å²) in [5, 5.41) is 3.34. The van der Waals surface area contributed by atoms with Gasteiger partial charge in [-0.05, 0) is 31.8 Å². The van der Waals surface area contributed by atoms with Crippen LogP contribution in [-0.2, 0) is 16.0 Å². The average Bonchev–Trinajstić information content (AvgIpc) is 2.83. The number of rotatable bonds is 2. The Morgan fingerprint density at radius 1 is 1.31 bits per heavy atom. The lowest BCUT2D eigenvalue weighted by Crippen LogP contribution is -2.50. The summed E-state index contributed by atoms with van der Waals surface area (Å²) in [5.74, 6) is 1.45. The number of nitrogen functional groups attached to an aromatic ring is 2. The molecule has 0 aromatic carbocycles. The van der Waals surface area contributed by atoms with Crippen molar-refractivity contribution >= 4 is 17.7 Å². The molecule has 26 heavy (non-hydrogen) atoms. The summed E-state index contributed by atoms with van der Waals surface area (Å²) in [7, 11) is 0.